The number of aromatic nitrogens is 3. The van der Waals surface area contributed by atoms with Gasteiger partial charge in [0, 0.05) is 19.7 Å². The summed E-state index contributed by atoms with van der Waals surface area (Å²) in [6.07, 6.45) is 1.99. The summed E-state index contributed by atoms with van der Waals surface area (Å²) in [6.45, 7) is 8.19. The van der Waals surface area contributed by atoms with Gasteiger partial charge in [0.1, 0.15) is 24.5 Å². The molecule has 9 nitrogen and oxygen atoms in total. The summed E-state index contributed by atoms with van der Waals surface area (Å²) in [4.78, 5) is 33.2. The number of ether oxygens (including phenoxy) is 3. The first-order valence-electron chi connectivity index (χ1n) is 16.1. The molecular weight excluding hydrogens is 592 g/mol. The van der Waals surface area contributed by atoms with Crippen LogP contribution < -0.4 is 15.2 Å². The summed E-state index contributed by atoms with van der Waals surface area (Å²) < 4.78 is 21.2. The third kappa shape index (κ3) is 7.74. The Bertz CT molecular complexity index is 1890. The van der Waals surface area contributed by atoms with E-state index in [1.165, 1.54) is 0 Å². The number of piperidine rings is 1. The first-order valence-corrected chi connectivity index (χ1v) is 16.1. The highest BCUT2D eigenvalue weighted by molar-refractivity contribution is 5.79. The number of nitrogens with zero attached hydrogens (tertiary/aromatic N) is 4. The van der Waals surface area contributed by atoms with Gasteiger partial charge in [-0.05, 0) is 81.0 Å². The molecule has 0 spiro atoms. The zero-order valence-corrected chi connectivity index (χ0v) is 27.5. The monoisotopic (exact) mass is 634 g/mol. The highest BCUT2D eigenvalue weighted by atomic mass is 16.6. The van der Waals surface area contributed by atoms with E-state index in [4.69, 9.17) is 19.2 Å². The van der Waals surface area contributed by atoms with Crippen LogP contribution in [0, 0.1) is 0 Å². The number of esters is 1. The Hall–Kier alpha value is -4.89. The lowest BCUT2D eigenvalue weighted by molar-refractivity contribution is -0.156. The van der Waals surface area contributed by atoms with Crippen LogP contribution in [0.5, 0.6) is 11.8 Å². The number of aryl methyl sites for hydroxylation is 1. The van der Waals surface area contributed by atoms with Crippen LogP contribution in [0.4, 0.5) is 0 Å². The summed E-state index contributed by atoms with van der Waals surface area (Å²) >= 11 is 0. The number of pyridine rings is 1. The van der Waals surface area contributed by atoms with Crippen LogP contribution in [0.15, 0.2) is 95.8 Å². The van der Waals surface area contributed by atoms with Gasteiger partial charge in [-0.2, -0.15) is 4.98 Å². The Kier molecular flexibility index (Phi) is 9.45. The minimum atomic E-state index is -0.507. The number of carbonyl (C=O) groups is 1. The summed E-state index contributed by atoms with van der Waals surface area (Å²) in [6, 6.07) is 29.5. The molecule has 0 amide bonds. The van der Waals surface area contributed by atoms with Gasteiger partial charge in [-0.15, -0.1) is 0 Å². The second-order valence-corrected chi connectivity index (χ2v) is 13.1. The molecule has 9 heteroatoms. The summed E-state index contributed by atoms with van der Waals surface area (Å²) in [7, 11) is 1.79. The smallest absolute Gasteiger partial charge is 0.333 e. The normalized spacial score (nSPS) is 15.4. The molecule has 3 aromatic carbocycles. The second kappa shape index (κ2) is 13.8. The predicted octanol–water partition coefficient (Wildman–Crippen LogP) is 6.40. The van der Waals surface area contributed by atoms with Gasteiger partial charge in [0.25, 0.3) is 0 Å². The number of hydrogen-bond acceptors (Lipinski definition) is 7. The standard InChI is InChI=1S/C38H42N4O5/c1-38(2,3)47-35(43)24-41-21-11-16-30(23-41)29-17-18-31-33(22-29)40(4)37(44)42(31)32-19-20-34(45-25-27-12-7-5-8-13-27)39-36(32)46-26-28-14-9-6-10-15-28/h5-10,12-15,17-20,22,30H,11,16,21,23-26H2,1-4H3/t30-/m1/s1. The van der Waals surface area contributed by atoms with E-state index in [0.29, 0.717) is 24.1 Å². The maximum Gasteiger partial charge on any atom is 0.333 e. The molecule has 0 aliphatic carbocycles. The largest absolute Gasteiger partial charge is 0.473 e. The van der Waals surface area contributed by atoms with E-state index in [-0.39, 0.29) is 30.7 Å². The maximum absolute atomic E-state index is 13.8. The van der Waals surface area contributed by atoms with Gasteiger partial charge in [0.15, 0.2) is 0 Å². The molecule has 0 saturated carbocycles. The lowest BCUT2D eigenvalue weighted by Gasteiger charge is -2.33. The number of fused-ring (bicyclic) bond motifs is 1. The molecule has 1 fully saturated rings. The van der Waals surface area contributed by atoms with E-state index in [2.05, 4.69) is 17.0 Å². The highest BCUT2D eigenvalue weighted by Gasteiger charge is 2.26. The fourth-order valence-electron chi connectivity index (χ4n) is 6.10. The third-order valence-corrected chi connectivity index (χ3v) is 8.33. The van der Waals surface area contributed by atoms with Crippen molar-refractivity contribution in [2.75, 3.05) is 19.6 Å². The Balaban J connectivity index is 1.29. The number of imidazole rings is 1. The van der Waals surface area contributed by atoms with E-state index in [9.17, 15) is 9.59 Å². The molecule has 1 aliphatic rings. The molecule has 244 valence electrons. The SMILES string of the molecule is Cn1c(=O)n(-c2ccc(OCc3ccccc3)nc2OCc2ccccc2)c2ccc([C@@H]3CCCN(CC(=O)OC(C)(C)C)C3)cc21. The van der Waals surface area contributed by atoms with Gasteiger partial charge in [0.2, 0.25) is 11.8 Å². The molecule has 0 N–H and O–H groups in total. The molecule has 1 atom stereocenters. The average molecular weight is 635 g/mol. The topological polar surface area (TPSA) is 87.8 Å². The Morgan fingerprint density at radius 3 is 2.23 bits per heavy atom. The molecule has 2 aromatic heterocycles. The van der Waals surface area contributed by atoms with Gasteiger partial charge in [-0.25, -0.2) is 4.79 Å². The zero-order chi connectivity index (χ0) is 33.0. The molecule has 6 rings (SSSR count). The fourth-order valence-corrected chi connectivity index (χ4v) is 6.10. The summed E-state index contributed by atoms with van der Waals surface area (Å²) in [5, 5.41) is 0. The molecule has 3 heterocycles. The number of rotatable bonds is 10. The van der Waals surface area contributed by atoms with Gasteiger partial charge in [-0.3, -0.25) is 18.8 Å². The van der Waals surface area contributed by atoms with Crippen LogP contribution in [0.1, 0.15) is 56.2 Å². The van der Waals surface area contributed by atoms with Crippen LogP contribution in [0.3, 0.4) is 0 Å². The molecule has 0 bridgehead atoms. The van der Waals surface area contributed by atoms with Crippen molar-refractivity contribution in [2.45, 2.75) is 58.3 Å². The van der Waals surface area contributed by atoms with Crippen molar-refractivity contribution in [1.82, 2.24) is 19.0 Å². The highest BCUT2D eigenvalue weighted by Crippen LogP contribution is 2.32. The van der Waals surface area contributed by atoms with Gasteiger partial charge in [0.05, 0.1) is 17.6 Å². The fraction of sp³-hybridized carbons (Fsp3) is 0.342. The number of benzene rings is 3. The van der Waals surface area contributed by atoms with Crippen molar-refractivity contribution in [2.24, 2.45) is 7.05 Å². The molecule has 5 aromatic rings. The molecule has 47 heavy (non-hydrogen) atoms. The van der Waals surface area contributed by atoms with E-state index in [0.717, 1.165) is 53.7 Å². The first kappa shape index (κ1) is 32.1. The lowest BCUT2D eigenvalue weighted by atomic mass is 9.90. The van der Waals surface area contributed by atoms with E-state index in [1.54, 1.807) is 22.2 Å². The van der Waals surface area contributed by atoms with E-state index >= 15 is 0 Å². The molecule has 1 saturated heterocycles. The Morgan fingerprint density at radius 2 is 1.55 bits per heavy atom. The van der Waals surface area contributed by atoms with Gasteiger partial charge >= 0.3 is 11.7 Å². The van der Waals surface area contributed by atoms with Crippen LogP contribution in [0.25, 0.3) is 16.7 Å². The lowest BCUT2D eigenvalue weighted by Crippen LogP contribution is -2.40. The molecule has 0 unspecified atom stereocenters. The van der Waals surface area contributed by atoms with Crippen molar-refractivity contribution in [3.8, 4) is 17.4 Å². The Morgan fingerprint density at radius 1 is 0.872 bits per heavy atom. The minimum Gasteiger partial charge on any atom is -0.473 e. The third-order valence-electron chi connectivity index (χ3n) is 8.33. The van der Waals surface area contributed by atoms with Gasteiger partial charge < -0.3 is 14.2 Å². The first-order chi connectivity index (χ1) is 22.6. The average Bonchev–Trinajstić information content (AvgIpc) is 3.31. The molecule has 0 radical (unpaired) electrons. The van der Waals surface area contributed by atoms with E-state index in [1.807, 2.05) is 93.6 Å². The zero-order valence-electron chi connectivity index (χ0n) is 27.5. The van der Waals surface area contributed by atoms with Crippen molar-refractivity contribution in [3.63, 3.8) is 0 Å². The van der Waals surface area contributed by atoms with Gasteiger partial charge in [-0.1, -0.05) is 66.7 Å². The quantitative estimate of drug-likeness (QED) is 0.164. The second-order valence-electron chi connectivity index (χ2n) is 13.1. The molecular formula is C38H42N4O5. The van der Waals surface area contributed by atoms with E-state index < -0.39 is 5.60 Å². The maximum atomic E-state index is 13.8. The van der Waals surface area contributed by atoms with Crippen molar-refractivity contribution in [3.05, 3.63) is 118 Å². The number of hydrogen-bond donors (Lipinski definition) is 0. The summed E-state index contributed by atoms with van der Waals surface area (Å²) in [5.74, 6) is 0.748. The number of likely N-dealkylation sites (tertiary alicyclic amines) is 1. The minimum absolute atomic E-state index is 0.198. The predicted molar refractivity (Wildman–Crippen MR) is 182 cm³/mol. The van der Waals surface area contributed by atoms with Crippen molar-refractivity contribution >= 4 is 17.0 Å². The number of carbonyl (C=O) groups excluding carboxylic acids is 1. The van der Waals surface area contributed by atoms with Crippen molar-refractivity contribution in [1.29, 1.82) is 0 Å². The van der Waals surface area contributed by atoms with Crippen LogP contribution in [-0.4, -0.2) is 50.2 Å². The molecule has 1 aliphatic heterocycles. The Labute approximate surface area is 275 Å². The summed E-state index contributed by atoms with van der Waals surface area (Å²) in [5.41, 5.74) is 4.56. The van der Waals surface area contributed by atoms with Crippen LogP contribution in [0.2, 0.25) is 0 Å². The van der Waals surface area contributed by atoms with Crippen LogP contribution in [-0.2, 0) is 29.8 Å². The van der Waals surface area contributed by atoms with Crippen LogP contribution >= 0.6 is 0 Å². The van der Waals surface area contributed by atoms with Crippen molar-refractivity contribution < 1.29 is 19.0 Å².